The summed E-state index contributed by atoms with van der Waals surface area (Å²) in [6, 6.07) is 3.26. The summed E-state index contributed by atoms with van der Waals surface area (Å²) in [5.74, 6) is -0.351. The molecule has 0 aliphatic rings. The molecule has 1 aromatic carbocycles. The summed E-state index contributed by atoms with van der Waals surface area (Å²) in [5, 5.41) is 0. The Morgan fingerprint density at radius 1 is 0.864 bits per heavy atom. The molecule has 0 unspecified atom stereocenters. The summed E-state index contributed by atoms with van der Waals surface area (Å²) in [4.78, 5) is 22.7. The molecule has 0 spiro atoms. The van der Waals surface area contributed by atoms with Crippen LogP contribution in [0.15, 0.2) is 21.1 Å². The highest BCUT2D eigenvalue weighted by Gasteiger charge is 2.14. The van der Waals surface area contributed by atoms with Gasteiger partial charge in [-0.1, -0.05) is 0 Å². The quantitative estimate of drug-likeness (QED) is 0.579. The SMILES string of the molecule is CCOC(=O)COc1cc(Br)c(Br)cc1OCC(=O)OCC. The molecule has 22 heavy (non-hydrogen) atoms. The van der Waals surface area contributed by atoms with E-state index in [4.69, 9.17) is 18.9 Å². The van der Waals surface area contributed by atoms with Gasteiger partial charge in [-0.15, -0.1) is 0 Å². The van der Waals surface area contributed by atoms with Gasteiger partial charge in [0.15, 0.2) is 24.7 Å². The van der Waals surface area contributed by atoms with E-state index in [0.29, 0.717) is 11.5 Å². The van der Waals surface area contributed by atoms with Crippen LogP contribution in [0, 0.1) is 0 Å². The minimum atomic E-state index is -0.488. The number of hydrogen-bond acceptors (Lipinski definition) is 6. The van der Waals surface area contributed by atoms with E-state index in [2.05, 4.69) is 31.9 Å². The van der Waals surface area contributed by atoms with Crippen molar-refractivity contribution in [2.45, 2.75) is 13.8 Å². The van der Waals surface area contributed by atoms with Gasteiger partial charge in [-0.25, -0.2) is 9.59 Å². The van der Waals surface area contributed by atoms with Crippen molar-refractivity contribution in [2.75, 3.05) is 26.4 Å². The fraction of sp³-hybridized carbons (Fsp3) is 0.429. The Morgan fingerprint density at radius 3 is 1.55 bits per heavy atom. The average molecular weight is 440 g/mol. The predicted octanol–water partition coefficient (Wildman–Crippen LogP) is 3.10. The number of hydrogen-bond donors (Lipinski definition) is 0. The third-order valence-corrected chi connectivity index (χ3v) is 4.13. The lowest BCUT2D eigenvalue weighted by Gasteiger charge is -2.13. The molecule has 0 fully saturated rings. The Kier molecular flexibility index (Phi) is 8.26. The van der Waals surface area contributed by atoms with Crippen molar-refractivity contribution >= 4 is 43.8 Å². The Labute approximate surface area is 145 Å². The maximum absolute atomic E-state index is 11.3. The molecule has 8 heteroatoms. The zero-order valence-electron chi connectivity index (χ0n) is 12.2. The minimum Gasteiger partial charge on any atom is -0.478 e. The van der Waals surface area contributed by atoms with E-state index in [-0.39, 0.29) is 26.4 Å². The van der Waals surface area contributed by atoms with Crippen molar-refractivity contribution in [3.63, 3.8) is 0 Å². The van der Waals surface area contributed by atoms with Gasteiger partial charge in [-0.2, -0.15) is 0 Å². The molecule has 0 radical (unpaired) electrons. The van der Waals surface area contributed by atoms with Crippen molar-refractivity contribution in [3.05, 3.63) is 21.1 Å². The number of ether oxygens (including phenoxy) is 4. The summed E-state index contributed by atoms with van der Waals surface area (Å²) in [6.07, 6.45) is 0. The molecule has 1 aromatic rings. The van der Waals surface area contributed by atoms with Gasteiger partial charge in [0.1, 0.15) is 0 Å². The molecule has 6 nitrogen and oxygen atoms in total. The molecule has 0 heterocycles. The van der Waals surface area contributed by atoms with E-state index in [0.717, 1.165) is 8.95 Å². The topological polar surface area (TPSA) is 71.1 Å². The van der Waals surface area contributed by atoms with E-state index >= 15 is 0 Å². The van der Waals surface area contributed by atoms with Gasteiger partial charge in [0, 0.05) is 8.95 Å². The molecule has 0 saturated heterocycles. The highest BCUT2D eigenvalue weighted by molar-refractivity contribution is 9.13. The Morgan fingerprint density at radius 2 is 1.23 bits per heavy atom. The number of esters is 2. The molecular formula is C14H16Br2O6. The third-order valence-electron chi connectivity index (χ3n) is 2.29. The number of rotatable bonds is 8. The molecule has 0 N–H and O–H groups in total. The minimum absolute atomic E-state index is 0.252. The van der Waals surface area contributed by atoms with Crippen molar-refractivity contribution in [3.8, 4) is 11.5 Å². The van der Waals surface area contributed by atoms with Crippen LogP contribution in [-0.4, -0.2) is 38.4 Å². The molecule has 0 saturated carbocycles. The zero-order valence-corrected chi connectivity index (χ0v) is 15.4. The fourth-order valence-corrected chi connectivity index (χ4v) is 2.06. The van der Waals surface area contributed by atoms with Gasteiger partial charge in [0.25, 0.3) is 0 Å². The molecule has 0 aliphatic carbocycles. The number of carbonyl (C=O) groups is 2. The van der Waals surface area contributed by atoms with Crippen LogP contribution < -0.4 is 9.47 Å². The average Bonchev–Trinajstić information content (AvgIpc) is 2.47. The first kappa shape index (κ1) is 18.8. The Bertz CT molecular complexity index is 485. The standard InChI is InChI=1S/C14H16Br2O6/c1-3-19-13(17)7-21-11-5-9(15)10(16)6-12(11)22-8-14(18)20-4-2/h5-6H,3-4,7-8H2,1-2H3. The lowest BCUT2D eigenvalue weighted by atomic mass is 10.3. The highest BCUT2D eigenvalue weighted by Crippen LogP contribution is 2.36. The van der Waals surface area contributed by atoms with Crippen molar-refractivity contribution in [2.24, 2.45) is 0 Å². The van der Waals surface area contributed by atoms with E-state index in [1.54, 1.807) is 26.0 Å². The monoisotopic (exact) mass is 438 g/mol. The molecule has 0 bridgehead atoms. The second-order valence-corrected chi connectivity index (χ2v) is 5.61. The molecule has 1 rings (SSSR count). The van der Waals surface area contributed by atoms with E-state index in [1.807, 2.05) is 0 Å². The summed E-state index contributed by atoms with van der Waals surface area (Å²) < 4.78 is 21.8. The summed E-state index contributed by atoms with van der Waals surface area (Å²) in [7, 11) is 0. The zero-order chi connectivity index (χ0) is 16.5. The van der Waals surface area contributed by atoms with Gasteiger partial charge in [-0.05, 0) is 57.8 Å². The molecule has 0 atom stereocenters. The second kappa shape index (κ2) is 9.68. The van der Waals surface area contributed by atoms with Crippen LogP contribution >= 0.6 is 31.9 Å². The van der Waals surface area contributed by atoms with Crippen LogP contribution in [0.4, 0.5) is 0 Å². The maximum atomic E-state index is 11.3. The summed E-state index contributed by atoms with van der Waals surface area (Å²) in [5.41, 5.74) is 0. The van der Waals surface area contributed by atoms with Crippen LogP contribution in [0.2, 0.25) is 0 Å². The first-order valence-corrected chi connectivity index (χ1v) is 8.12. The summed E-state index contributed by atoms with van der Waals surface area (Å²) in [6.45, 7) is 3.47. The Hall–Kier alpha value is -1.28. The maximum Gasteiger partial charge on any atom is 0.344 e. The molecular weight excluding hydrogens is 424 g/mol. The fourth-order valence-electron chi connectivity index (χ4n) is 1.41. The molecule has 0 aliphatic heterocycles. The van der Waals surface area contributed by atoms with Crippen molar-refractivity contribution in [1.82, 2.24) is 0 Å². The molecule has 0 amide bonds. The van der Waals surface area contributed by atoms with E-state index < -0.39 is 11.9 Å². The van der Waals surface area contributed by atoms with Crippen LogP contribution in [0.25, 0.3) is 0 Å². The molecule has 0 aromatic heterocycles. The van der Waals surface area contributed by atoms with Crippen LogP contribution in [0.1, 0.15) is 13.8 Å². The first-order chi connectivity index (χ1) is 10.5. The third kappa shape index (κ3) is 6.23. The van der Waals surface area contributed by atoms with Gasteiger partial charge in [0.05, 0.1) is 13.2 Å². The van der Waals surface area contributed by atoms with Gasteiger partial charge in [-0.3, -0.25) is 0 Å². The van der Waals surface area contributed by atoms with Crippen molar-refractivity contribution < 1.29 is 28.5 Å². The van der Waals surface area contributed by atoms with E-state index in [1.165, 1.54) is 0 Å². The van der Waals surface area contributed by atoms with Gasteiger partial charge in [0.2, 0.25) is 0 Å². The first-order valence-electron chi connectivity index (χ1n) is 6.53. The van der Waals surface area contributed by atoms with Gasteiger partial charge < -0.3 is 18.9 Å². The number of carbonyl (C=O) groups excluding carboxylic acids is 2. The van der Waals surface area contributed by atoms with Crippen LogP contribution in [0.5, 0.6) is 11.5 Å². The number of benzene rings is 1. The van der Waals surface area contributed by atoms with E-state index in [9.17, 15) is 9.59 Å². The number of halogens is 2. The lowest BCUT2D eigenvalue weighted by molar-refractivity contribution is -0.146. The van der Waals surface area contributed by atoms with Gasteiger partial charge >= 0.3 is 11.9 Å². The largest absolute Gasteiger partial charge is 0.478 e. The summed E-state index contributed by atoms with van der Waals surface area (Å²) >= 11 is 6.67. The normalized spacial score (nSPS) is 10.0. The predicted molar refractivity (Wildman–Crippen MR) is 86.1 cm³/mol. The highest BCUT2D eigenvalue weighted by atomic mass is 79.9. The smallest absolute Gasteiger partial charge is 0.344 e. The van der Waals surface area contributed by atoms with Crippen molar-refractivity contribution in [1.29, 1.82) is 0 Å². The lowest BCUT2D eigenvalue weighted by Crippen LogP contribution is -2.17. The second-order valence-electron chi connectivity index (χ2n) is 3.90. The van der Waals surface area contributed by atoms with Crippen LogP contribution in [-0.2, 0) is 19.1 Å². The van der Waals surface area contributed by atoms with Crippen LogP contribution in [0.3, 0.4) is 0 Å². The molecule has 122 valence electrons. The Balaban J connectivity index is 2.78.